The van der Waals surface area contributed by atoms with Crippen LogP contribution in [0, 0.1) is 12.3 Å². The average Bonchev–Trinajstić information content (AvgIpc) is 3.16. The van der Waals surface area contributed by atoms with Gasteiger partial charge in [-0.3, -0.25) is 9.48 Å². The zero-order valence-electron chi connectivity index (χ0n) is 18.0. The summed E-state index contributed by atoms with van der Waals surface area (Å²) in [4.78, 5) is 23.8. The van der Waals surface area contributed by atoms with Crippen molar-refractivity contribution in [3.05, 3.63) is 66.5 Å². The third kappa shape index (κ3) is 4.83. The third-order valence-electron chi connectivity index (χ3n) is 4.95. The molecule has 0 fully saturated rings. The number of amides is 1. The molecule has 3 heterocycles. The summed E-state index contributed by atoms with van der Waals surface area (Å²) in [6, 6.07) is 1.78. The van der Waals surface area contributed by atoms with Crippen molar-refractivity contribution in [2.45, 2.75) is 33.5 Å². The maximum Gasteiger partial charge on any atom is 0.243 e. The van der Waals surface area contributed by atoms with Crippen LogP contribution in [0.3, 0.4) is 0 Å². The van der Waals surface area contributed by atoms with E-state index < -0.39 is 11.6 Å². The summed E-state index contributed by atoms with van der Waals surface area (Å²) in [5, 5.41) is 15.6. The highest BCUT2D eigenvalue weighted by molar-refractivity contribution is 5.76. The van der Waals surface area contributed by atoms with Crippen molar-refractivity contribution in [2.24, 2.45) is 5.41 Å². The molecule has 0 radical (unpaired) electrons. The topological polar surface area (TPSA) is 87.4 Å². The first-order valence-corrected chi connectivity index (χ1v) is 9.74. The van der Waals surface area contributed by atoms with Crippen LogP contribution in [-0.2, 0) is 11.3 Å². The van der Waals surface area contributed by atoms with Gasteiger partial charge in [0.15, 0.2) is 5.82 Å². The van der Waals surface area contributed by atoms with Crippen LogP contribution in [0.1, 0.15) is 25.2 Å². The number of hydrogen-bond acceptors (Lipinski definition) is 6. The van der Waals surface area contributed by atoms with E-state index in [4.69, 9.17) is 0 Å². The number of allylic oxidation sites excluding steroid dienone is 4. The van der Waals surface area contributed by atoms with Crippen LogP contribution in [0.25, 0.3) is 5.57 Å². The number of hydrogen-bond donors (Lipinski definition) is 1. The van der Waals surface area contributed by atoms with Gasteiger partial charge in [-0.05, 0) is 18.6 Å². The Hall–Kier alpha value is -3.26. The first-order chi connectivity index (χ1) is 14.2. The molecule has 1 atom stereocenters. The number of aliphatic hydroxyl groups excluding tert-OH is 1. The van der Waals surface area contributed by atoms with Gasteiger partial charge in [0.2, 0.25) is 5.91 Å². The molecule has 2 aromatic heterocycles. The minimum Gasteiger partial charge on any atom is -0.372 e. The molecule has 158 valence electrons. The van der Waals surface area contributed by atoms with Crippen LogP contribution >= 0.6 is 0 Å². The maximum absolute atomic E-state index is 12.0. The Morgan fingerprint density at radius 1 is 1.27 bits per heavy atom. The molecule has 1 aliphatic heterocycles. The van der Waals surface area contributed by atoms with Gasteiger partial charge in [0.25, 0.3) is 0 Å². The third-order valence-corrected chi connectivity index (χ3v) is 4.95. The molecule has 0 aromatic carbocycles. The van der Waals surface area contributed by atoms with E-state index in [1.54, 1.807) is 54.5 Å². The van der Waals surface area contributed by atoms with Crippen molar-refractivity contribution in [3.63, 3.8) is 0 Å². The summed E-state index contributed by atoms with van der Waals surface area (Å²) < 4.78 is 1.57. The summed E-state index contributed by atoms with van der Waals surface area (Å²) in [7, 11) is 3.41. The predicted octanol–water partition coefficient (Wildman–Crippen LogP) is 2.39. The molecule has 3 rings (SSSR count). The lowest BCUT2D eigenvalue weighted by molar-refractivity contribution is -0.129. The maximum atomic E-state index is 12.0. The fourth-order valence-electron chi connectivity index (χ4n) is 2.93. The zero-order valence-corrected chi connectivity index (χ0v) is 18.0. The van der Waals surface area contributed by atoms with E-state index >= 15 is 0 Å². The Labute approximate surface area is 176 Å². The summed E-state index contributed by atoms with van der Waals surface area (Å²) in [5.74, 6) is 1.20. The quantitative estimate of drug-likeness (QED) is 0.836. The number of carbonyl (C=O) groups is 1. The predicted molar refractivity (Wildman–Crippen MR) is 116 cm³/mol. The van der Waals surface area contributed by atoms with Crippen LogP contribution in [0.15, 0.2) is 55.2 Å². The molecule has 30 heavy (non-hydrogen) atoms. The lowest BCUT2D eigenvalue weighted by Gasteiger charge is -2.34. The number of aliphatic hydroxyl groups is 1. The monoisotopic (exact) mass is 408 g/mol. The number of aryl methyl sites for hydroxylation is 1. The van der Waals surface area contributed by atoms with E-state index in [1.807, 2.05) is 45.1 Å². The minimum absolute atomic E-state index is 0.0574. The van der Waals surface area contributed by atoms with Gasteiger partial charge in [-0.15, -0.1) is 0 Å². The molecule has 1 unspecified atom stereocenters. The van der Waals surface area contributed by atoms with E-state index in [0.717, 1.165) is 11.1 Å². The van der Waals surface area contributed by atoms with Crippen molar-refractivity contribution >= 4 is 17.3 Å². The fourth-order valence-corrected chi connectivity index (χ4v) is 2.93. The van der Waals surface area contributed by atoms with Crippen molar-refractivity contribution in [3.8, 4) is 0 Å². The zero-order chi connectivity index (χ0) is 21.9. The van der Waals surface area contributed by atoms with Crippen molar-refractivity contribution in [1.29, 1.82) is 0 Å². The second-order valence-corrected chi connectivity index (χ2v) is 8.08. The van der Waals surface area contributed by atoms with Gasteiger partial charge in [-0.1, -0.05) is 32.1 Å². The molecule has 1 aliphatic rings. The highest BCUT2D eigenvalue weighted by Crippen LogP contribution is 2.31. The van der Waals surface area contributed by atoms with Crippen molar-refractivity contribution < 1.29 is 9.90 Å². The van der Waals surface area contributed by atoms with Crippen LogP contribution in [0.2, 0.25) is 0 Å². The molecule has 1 N–H and O–H groups in total. The van der Waals surface area contributed by atoms with Crippen molar-refractivity contribution in [2.75, 3.05) is 19.0 Å². The van der Waals surface area contributed by atoms with Crippen LogP contribution in [-0.4, -0.2) is 56.0 Å². The van der Waals surface area contributed by atoms with Gasteiger partial charge in [-0.25, -0.2) is 9.97 Å². The molecule has 8 heteroatoms. The lowest BCUT2D eigenvalue weighted by atomic mass is 9.89. The lowest BCUT2D eigenvalue weighted by Crippen LogP contribution is -2.42. The highest BCUT2D eigenvalue weighted by atomic mass is 16.3. The molecular formula is C22H28N6O2. The molecule has 0 spiro atoms. The van der Waals surface area contributed by atoms with E-state index in [0.29, 0.717) is 11.6 Å². The van der Waals surface area contributed by atoms with E-state index in [2.05, 4.69) is 15.1 Å². The summed E-state index contributed by atoms with van der Waals surface area (Å²) in [6.07, 6.45) is 14.0. The number of anilines is 1. The molecule has 0 bridgehead atoms. The molecule has 8 nitrogen and oxygen atoms in total. The number of likely N-dealkylation sites (N-methyl/N-ethyl adjacent to an activating group) is 1. The average molecular weight is 409 g/mol. The molecule has 0 saturated carbocycles. The molecular weight excluding hydrogens is 380 g/mol. The van der Waals surface area contributed by atoms with Crippen LogP contribution in [0.4, 0.5) is 5.82 Å². The summed E-state index contributed by atoms with van der Waals surface area (Å²) in [6.45, 7) is 5.88. The largest absolute Gasteiger partial charge is 0.372 e. The first-order valence-electron chi connectivity index (χ1n) is 9.74. The fraction of sp³-hybridized carbons (Fsp3) is 0.364. The summed E-state index contributed by atoms with van der Waals surface area (Å²) >= 11 is 0. The Bertz CT molecular complexity index is 985. The summed E-state index contributed by atoms with van der Waals surface area (Å²) in [5.41, 5.74) is 1.23. The number of rotatable bonds is 4. The van der Waals surface area contributed by atoms with Gasteiger partial charge in [0, 0.05) is 55.9 Å². The van der Waals surface area contributed by atoms with Gasteiger partial charge in [0.1, 0.15) is 18.6 Å². The van der Waals surface area contributed by atoms with Crippen LogP contribution in [0.5, 0.6) is 0 Å². The molecule has 0 saturated heterocycles. The standard InChI is InChI=1S/C22H28N6O2/c1-16-23-13-18(14-24-16)17-7-6-10-22(2,3)21(30)28(12-8-17)19-9-11-27(25-19)15-20(29)26(4)5/h6-14,21,30H,15H2,1-5H3/b10-6+,12-8?,17-7?. The smallest absolute Gasteiger partial charge is 0.243 e. The SMILES string of the molecule is Cc1ncc(C2=C/C=C/C(C)(C)C(O)N(c3ccn(CC(=O)N(C)C)n3)C=C2)cn1. The molecule has 2 aromatic rings. The second kappa shape index (κ2) is 8.62. The van der Waals surface area contributed by atoms with Gasteiger partial charge >= 0.3 is 0 Å². The second-order valence-electron chi connectivity index (χ2n) is 8.08. The van der Waals surface area contributed by atoms with Crippen molar-refractivity contribution in [1.82, 2.24) is 24.6 Å². The normalized spacial score (nSPS) is 19.5. The Kier molecular flexibility index (Phi) is 6.17. The van der Waals surface area contributed by atoms with E-state index in [1.165, 1.54) is 4.90 Å². The number of nitrogens with zero attached hydrogens (tertiary/aromatic N) is 6. The van der Waals surface area contributed by atoms with Gasteiger partial charge in [0.05, 0.1) is 0 Å². The molecule has 1 amide bonds. The first kappa shape index (κ1) is 21.4. The highest BCUT2D eigenvalue weighted by Gasteiger charge is 2.31. The van der Waals surface area contributed by atoms with Gasteiger partial charge < -0.3 is 14.9 Å². The minimum atomic E-state index is -0.861. The number of carbonyl (C=O) groups excluding carboxylic acids is 1. The van der Waals surface area contributed by atoms with Crippen LogP contribution < -0.4 is 4.90 Å². The van der Waals surface area contributed by atoms with E-state index in [-0.39, 0.29) is 12.5 Å². The number of aromatic nitrogens is 4. The van der Waals surface area contributed by atoms with Gasteiger partial charge in [-0.2, -0.15) is 5.10 Å². The van der Waals surface area contributed by atoms with E-state index in [9.17, 15) is 9.90 Å². The Morgan fingerprint density at radius 3 is 2.63 bits per heavy atom. The Balaban J connectivity index is 1.96. The Morgan fingerprint density at radius 2 is 1.97 bits per heavy atom. The molecule has 0 aliphatic carbocycles.